The predicted molar refractivity (Wildman–Crippen MR) is 130 cm³/mol. The second kappa shape index (κ2) is 9.23. The van der Waals surface area contributed by atoms with E-state index in [2.05, 4.69) is 34.6 Å². The molecule has 1 N–H and O–H groups in total. The number of aliphatic hydroxyl groups excluding tert-OH is 1. The Kier molecular flexibility index (Phi) is 7.08. The fraction of sp³-hybridized carbons (Fsp3) is 0.966. The van der Waals surface area contributed by atoms with Crippen molar-refractivity contribution < 1.29 is 14.6 Å². The Morgan fingerprint density at radius 2 is 1.66 bits per heavy atom. The topological polar surface area (TPSA) is 46.5 Å². The Bertz CT molecular complexity index is 673. The monoisotopic (exact) mass is 446 g/mol. The summed E-state index contributed by atoms with van der Waals surface area (Å²) in [4.78, 5) is 11.5. The lowest BCUT2D eigenvalue weighted by Gasteiger charge is -2.62. The van der Waals surface area contributed by atoms with E-state index < -0.39 is 0 Å². The number of fused-ring (bicyclic) bond motifs is 5. The second-order valence-electron chi connectivity index (χ2n) is 13.3. The number of rotatable bonds is 6. The molecule has 0 spiro atoms. The van der Waals surface area contributed by atoms with Gasteiger partial charge in [0, 0.05) is 6.92 Å². The van der Waals surface area contributed by atoms with Gasteiger partial charge in [0.1, 0.15) is 6.10 Å². The van der Waals surface area contributed by atoms with Gasteiger partial charge in [0.05, 0.1) is 6.10 Å². The SMILES string of the molecule is CC(=O)O[C@H]1CC[C@@]2(C)[C@H](C1)C[C@H](O)[C@@H]1[C@@H]2CC[C@]2(C)[C@@H]([C@@H](C)CCCC(C)C)CC[C@@H]12. The van der Waals surface area contributed by atoms with Crippen molar-refractivity contribution in [3.63, 3.8) is 0 Å². The molecule has 4 saturated carbocycles. The van der Waals surface area contributed by atoms with Crippen LogP contribution in [0.2, 0.25) is 0 Å². The lowest BCUT2D eigenvalue weighted by atomic mass is 9.43. The Labute approximate surface area is 197 Å². The van der Waals surface area contributed by atoms with Crippen molar-refractivity contribution in [1.29, 1.82) is 0 Å². The summed E-state index contributed by atoms with van der Waals surface area (Å²) in [5, 5.41) is 11.5. The van der Waals surface area contributed by atoms with Crippen LogP contribution in [-0.2, 0) is 9.53 Å². The van der Waals surface area contributed by atoms with Gasteiger partial charge in [-0.2, -0.15) is 0 Å². The van der Waals surface area contributed by atoms with E-state index in [-0.39, 0.29) is 18.2 Å². The minimum atomic E-state index is -0.172. The molecule has 0 radical (unpaired) electrons. The molecular weight excluding hydrogens is 396 g/mol. The van der Waals surface area contributed by atoms with Gasteiger partial charge in [0.2, 0.25) is 0 Å². The molecule has 10 atom stereocenters. The van der Waals surface area contributed by atoms with Crippen molar-refractivity contribution >= 4 is 5.97 Å². The standard InChI is InChI=1S/C29H50O3/c1-18(2)8-7-9-19(3)23-10-11-24-27-25(13-15-29(23,24)6)28(5)14-12-22(32-20(4)30)16-21(28)17-26(27)31/h18-19,21-27,31H,7-17H2,1-6H3/t19-,21+,22-,23+,24-,25-,26-,27-,28-,29+/m0/s1. The number of esters is 1. The van der Waals surface area contributed by atoms with Crippen LogP contribution in [0, 0.1) is 52.3 Å². The number of hydrogen-bond donors (Lipinski definition) is 1. The second-order valence-corrected chi connectivity index (χ2v) is 13.3. The van der Waals surface area contributed by atoms with Crippen LogP contribution in [0.25, 0.3) is 0 Å². The van der Waals surface area contributed by atoms with E-state index in [1.54, 1.807) is 0 Å². The largest absolute Gasteiger partial charge is 0.463 e. The number of carbonyl (C=O) groups excluding carboxylic acids is 1. The number of carbonyl (C=O) groups is 1. The Balaban J connectivity index is 1.48. The first-order valence-corrected chi connectivity index (χ1v) is 13.9. The van der Waals surface area contributed by atoms with Gasteiger partial charge in [-0.05, 0) is 104 Å². The minimum Gasteiger partial charge on any atom is -0.463 e. The molecule has 4 fully saturated rings. The lowest BCUT2D eigenvalue weighted by molar-refractivity contribution is -0.182. The first-order valence-electron chi connectivity index (χ1n) is 13.9. The minimum absolute atomic E-state index is 0.0609. The summed E-state index contributed by atoms with van der Waals surface area (Å²) in [6.07, 6.45) is 13.3. The summed E-state index contributed by atoms with van der Waals surface area (Å²) in [7, 11) is 0. The molecule has 3 nitrogen and oxygen atoms in total. The van der Waals surface area contributed by atoms with E-state index in [9.17, 15) is 9.90 Å². The molecule has 0 saturated heterocycles. The summed E-state index contributed by atoms with van der Waals surface area (Å²) in [6, 6.07) is 0. The van der Waals surface area contributed by atoms with Gasteiger partial charge in [0.15, 0.2) is 0 Å². The summed E-state index contributed by atoms with van der Waals surface area (Å²) in [6.45, 7) is 13.9. The molecule has 184 valence electrons. The van der Waals surface area contributed by atoms with E-state index in [0.717, 1.165) is 43.4 Å². The zero-order valence-electron chi connectivity index (χ0n) is 21.7. The maximum absolute atomic E-state index is 11.5. The quantitative estimate of drug-likeness (QED) is 0.446. The molecule has 0 bridgehead atoms. The molecular formula is C29H50O3. The van der Waals surface area contributed by atoms with Gasteiger partial charge in [-0.15, -0.1) is 0 Å². The van der Waals surface area contributed by atoms with E-state index in [1.165, 1.54) is 51.9 Å². The summed E-state index contributed by atoms with van der Waals surface area (Å²) >= 11 is 0. The van der Waals surface area contributed by atoms with Gasteiger partial charge in [-0.1, -0.05) is 53.9 Å². The third-order valence-electron chi connectivity index (χ3n) is 11.2. The van der Waals surface area contributed by atoms with E-state index in [0.29, 0.717) is 34.5 Å². The highest BCUT2D eigenvalue weighted by molar-refractivity contribution is 5.66. The van der Waals surface area contributed by atoms with Crippen molar-refractivity contribution in [2.24, 2.45) is 52.3 Å². The Morgan fingerprint density at radius 3 is 2.34 bits per heavy atom. The van der Waals surface area contributed by atoms with Gasteiger partial charge < -0.3 is 9.84 Å². The first kappa shape index (κ1) is 24.6. The van der Waals surface area contributed by atoms with Crippen LogP contribution >= 0.6 is 0 Å². The fourth-order valence-corrected chi connectivity index (χ4v) is 9.55. The van der Waals surface area contributed by atoms with Crippen LogP contribution < -0.4 is 0 Å². The summed E-state index contributed by atoms with van der Waals surface area (Å²) in [5.41, 5.74) is 0.723. The molecule has 0 heterocycles. The molecule has 4 aliphatic carbocycles. The van der Waals surface area contributed by atoms with Gasteiger partial charge in [-0.25, -0.2) is 0 Å². The van der Waals surface area contributed by atoms with Crippen molar-refractivity contribution in [2.45, 2.75) is 124 Å². The molecule has 3 heteroatoms. The molecule has 0 aliphatic heterocycles. The van der Waals surface area contributed by atoms with Crippen LogP contribution in [0.3, 0.4) is 0 Å². The maximum Gasteiger partial charge on any atom is 0.302 e. The zero-order chi connectivity index (χ0) is 23.3. The lowest BCUT2D eigenvalue weighted by Crippen LogP contribution is -2.58. The average molecular weight is 447 g/mol. The predicted octanol–water partition coefficient (Wildman–Crippen LogP) is 7.01. The van der Waals surface area contributed by atoms with Crippen molar-refractivity contribution in [3.8, 4) is 0 Å². The van der Waals surface area contributed by atoms with Gasteiger partial charge >= 0.3 is 5.97 Å². The van der Waals surface area contributed by atoms with E-state index in [1.807, 2.05) is 0 Å². The fourth-order valence-electron chi connectivity index (χ4n) is 9.55. The summed E-state index contributed by atoms with van der Waals surface area (Å²) < 4.78 is 5.61. The number of hydrogen-bond acceptors (Lipinski definition) is 3. The molecule has 0 aromatic heterocycles. The van der Waals surface area contributed by atoms with Gasteiger partial charge in [-0.3, -0.25) is 4.79 Å². The van der Waals surface area contributed by atoms with Gasteiger partial charge in [0.25, 0.3) is 0 Å². The normalized spacial score (nSPS) is 46.8. The van der Waals surface area contributed by atoms with Crippen LogP contribution in [0.15, 0.2) is 0 Å². The van der Waals surface area contributed by atoms with E-state index >= 15 is 0 Å². The van der Waals surface area contributed by atoms with Crippen LogP contribution in [0.4, 0.5) is 0 Å². The molecule has 4 aliphatic rings. The third kappa shape index (κ3) is 4.29. The molecule has 32 heavy (non-hydrogen) atoms. The van der Waals surface area contributed by atoms with Crippen molar-refractivity contribution in [1.82, 2.24) is 0 Å². The molecule has 4 rings (SSSR count). The average Bonchev–Trinajstić information content (AvgIpc) is 3.05. The van der Waals surface area contributed by atoms with Crippen molar-refractivity contribution in [3.05, 3.63) is 0 Å². The highest BCUT2D eigenvalue weighted by Crippen LogP contribution is 2.68. The molecule has 0 aromatic carbocycles. The summed E-state index contributed by atoms with van der Waals surface area (Å²) in [5.74, 6) is 4.61. The first-order chi connectivity index (χ1) is 15.1. The number of ether oxygens (including phenoxy) is 1. The molecule has 0 amide bonds. The highest BCUT2D eigenvalue weighted by atomic mass is 16.5. The maximum atomic E-state index is 11.5. The van der Waals surface area contributed by atoms with Crippen LogP contribution in [0.5, 0.6) is 0 Å². The molecule has 0 unspecified atom stereocenters. The molecule has 0 aromatic rings. The van der Waals surface area contributed by atoms with Crippen LogP contribution in [0.1, 0.15) is 112 Å². The smallest absolute Gasteiger partial charge is 0.302 e. The zero-order valence-corrected chi connectivity index (χ0v) is 21.7. The third-order valence-corrected chi connectivity index (χ3v) is 11.2. The van der Waals surface area contributed by atoms with Crippen LogP contribution in [-0.4, -0.2) is 23.3 Å². The van der Waals surface area contributed by atoms with E-state index in [4.69, 9.17) is 4.74 Å². The Hall–Kier alpha value is -0.570. The van der Waals surface area contributed by atoms with Crippen molar-refractivity contribution in [2.75, 3.05) is 0 Å². The highest BCUT2D eigenvalue weighted by Gasteiger charge is 2.63. The number of aliphatic hydroxyl groups is 1. The Morgan fingerprint density at radius 1 is 0.969 bits per heavy atom.